The third-order valence-electron chi connectivity index (χ3n) is 3.20. The van der Waals surface area contributed by atoms with E-state index in [1.54, 1.807) is 31.0 Å². The molecule has 5 heteroatoms. The highest BCUT2D eigenvalue weighted by Crippen LogP contribution is 2.13. The van der Waals surface area contributed by atoms with Crippen LogP contribution in [-0.2, 0) is 16.1 Å². The zero-order chi connectivity index (χ0) is 15.1. The van der Waals surface area contributed by atoms with Crippen molar-refractivity contribution >= 4 is 11.8 Å². The number of hydrogen-bond acceptors (Lipinski definition) is 2. The molecule has 0 saturated carbocycles. The van der Waals surface area contributed by atoms with Gasteiger partial charge in [-0.05, 0) is 24.1 Å². The Morgan fingerprint density at radius 3 is 2.30 bits per heavy atom. The Morgan fingerprint density at radius 1 is 1.25 bits per heavy atom. The summed E-state index contributed by atoms with van der Waals surface area (Å²) in [4.78, 5) is 25.5. The summed E-state index contributed by atoms with van der Waals surface area (Å²) in [6.45, 7) is 3.93. The zero-order valence-corrected chi connectivity index (χ0v) is 12.1. The predicted molar refractivity (Wildman–Crippen MR) is 75.4 cm³/mol. The first kappa shape index (κ1) is 16.1. The molecule has 0 radical (unpaired) electrons. The van der Waals surface area contributed by atoms with E-state index in [0.29, 0.717) is 19.4 Å². The Morgan fingerprint density at radius 2 is 1.85 bits per heavy atom. The number of nitrogens with zero attached hydrogens (tertiary/aromatic N) is 1. The fourth-order valence-corrected chi connectivity index (χ4v) is 2.08. The van der Waals surface area contributed by atoms with Crippen molar-refractivity contribution in [3.8, 4) is 0 Å². The SMILES string of the molecule is CCC(=O)N(Cc1ccc(F)cc1)C(CC)C(=O)NC. The van der Waals surface area contributed by atoms with E-state index in [-0.39, 0.29) is 17.6 Å². The van der Waals surface area contributed by atoms with E-state index in [1.807, 2.05) is 6.92 Å². The summed E-state index contributed by atoms with van der Waals surface area (Å²) in [5, 5.41) is 2.58. The molecule has 0 aliphatic carbocycles. The first-order valence-electron chi connectivity index (χ1n) is 6.78. The fourth-order valence-electron chi connectivity index (χ4n) is 2.08. The third-order valence-corrected chi connectivity index (χ3v) is 3.20. The van der Waals surface area contributed by atoms with E-state index in [9.17, 15) is 14.0 Å². The number of nitrogens with one attached hydrogen (secondary N) is 1. The number of likely N-dealkylation sites (N-methyl/N-ethyl adjacent to an activating group) is 1. The second-order valence-corrected chi connectivity index (χ2v) is 4.54. The Bertz CT molecular complexity index is 459. The number of carbonyl (C=O) groups excluding carboxylic acids is 2. The van der Waals surface area contributed by atoms with Gasteiger partial charge in [-0.25, -0.2) is 4.39 Å². The molecular weight excluding hydrogens is 259 g/mol. The van der Waals surface area contributed by atoms with Gasteiger partial charge in [0.2, 0.25) is 11.8 Å². The van der Waals surface area contributed by atoms with Crippen LogP contribution in [0.4, 0.5) is 4.39 Å². The smallest absolute Gasteiger partial charge is 0.242 e. The lowest BCUT2D eigenvalue weighted by Gasteiger charge is -2.30. The summed E-state index contributed by atoms with van der Waals surface area (Å²) in [7, 11) is 1.55. The molecule has 0 spiro atoms. The van der Waals surface area contributed by atoms with Crippen LogP contribution < -0.4 is 5.32 Å². The molecule has 1 unspecified atom stereocenters. The number of carbonyl (C=O) groups is 2. The Hall–Kier alpha value is -1.91. The van der Waals surface area contributed by atoms with Gasteiger partial charge in [0.15, 0.2) is 0 Å². The van der Waals surface area contributed by atoms with E-state index in [1.165, 1.54) is 12.1 Å². The monoisotopic (exact) mass is 280 g/mol. The molecule has 0 fully saturated rings. The van der Waals surface area contributed by atoms with E-state index < -0.39 is 6.04 Å². The van der Waals surface area contributed by atoms with Crippen LogP contribution in [0, 0.1) is 5.82 Å². The highest BCUT2D eigenvalue weighted by molar-refractivity contribution is 5.87. The molecule has 1 atom stereocenters. The minimum Gasteiger partial charge on any atom is -0.357 e. The highest BCUT2D eigenvalue weighted by Gasteiger charge is 2.26. The standard InChI is InChI=1S/C15H21FN2O2/c1-4-13(15(20)17-3)18(14(19)5-2)10-11-6-8-12(16)9-7-11/h6-9,13H,4-5,10H2,1-3H3,(H,17,20). The zero-order valence-electron chi connectivity index (χ0n) is 12.1. The fraction of sp³-hybridized carbons (Fsp3) is 0.467. The molecule has 0 heterocycles. The van der Waals surface area contributed by atoms with Gasteiger partial charge in [0, 0.05) is 20.0 Å². The van der Waals surface area contributed by atoms with Gasteiger partial charge < -0.3 is 10.2 Å². The first-order chi connectivity index (χ1) is 9.53. The van der Waals surface area contributed by atoms with Crippen molar-refractivity contribution in [3.63, 3.8) is 0 Å². The van der Waals surface area contributed by atoms with E-state index in [4.69, 9.17) is 0 Å². The van der Waals surface area contributed by atoms with Crippen molar-refractivity contribution in [2.45, 2.75) is 39.3 Å². The second-order valence-electron chi connectivity index (χ2n) is 4.54. The topological polar surface area (TPSA) is 49.4 Å². The summed E-state index contributed by atoms with van der Waals surface area (Å²) in [6, 6.07) is 5.46. The Kier molecular flexibility index (Phi) is 6.15. The molecule has 0 bridgehead atoms. The summed E-state index contributed by atoms with van der Waals surface area (Å²) in [5.41, 5.74) is 0.801. The minimum atomic E-state index is -0.502. The average Bonchev–Trinajstić information content (AvgIpc) is 2.47. The second kappa shape index (κ2) is 7.62. The molecule has 4 nitrogen and oxygen atoms in total. The van der Waals surface area contributed by atoms with Crippen molar-refractivity contribution < 1.29 is 14.0 Å². The average molecular weight is 280 g/mol. The first-order valence-corrected chi connectivity index (χ1v) is 6.78. The van der Waals surface area contributed by atoms with Crippen LogP contribution in [0.25, 0.3) is 0 Å². The van der Waals surface area contributed by atoms with Gasteiger partial charge in [0.1, 0.15) is 11.9 Å². The van der Waals surface area contributed by atoms with Crippen molar-refractivity contribution in [1.82, 2.24) is 10.2 Å². The Labute approximate surface area is 119 Å². The maximum atomic E-state index is 12.9. The van der Waals surface area contributed by atoms with Gasteiger partial charge in [0.05, 0.1) is 0 Å². The number of amides is 2. The summed E-state index contributed by atoms with van der Waals surface area (Å²) >= 11 is 0. The van der Waals surface area contributed by atoms with Crippen LogP contribution in [0.5, 0.6) is 0 Å². The molecule has 0 saturated heterocycles. The van der Waals surface area contributed by atoms with E-state index in [2.05, 4.69) is 5.32 Å². The number of benzene rings is 1. The largest absolute Gasteiger partial charge is 0.357 e. The van der Waals surface area contributed by atoms with Crippen LogP contribution in [0.3, 0.4) is 0 Å². The molecular formula is C15H21FN2O2. The quantitative estimate of drug-likeness (QED) is 0.867. The maximum absolute atomic E-state index is 12.9. The van der Waals surface area contributed by atoms with Crippen molar-refractivity contribution in [2.24, 2.45) is 0 Å². The lowest BCUT2D eigenvalue weighted by atomic mass is 10.1. The van der Waals surface area contributed by atoms with Crippen LogP contribution in [0.1, 0.15) is 32.3 Å². The van der Waals surface area contributed by atoms with Crippen LogP contribution in [-0.4, -0.2) is 29.8 Å². The number of halogens is 1. The van der Waals surface area contributed by atoms with E-state index in [0.717, 1.165) is 5.56 Å². The minimum absolute atomic E-state index is 0.0928. The van der Waals surface area contributed by atoms with Gasteiger partial charge >= 0.3 is 0 Å². The maximum Gasteiger partial charge on any atom is 0.242 e. The van der Waals surface area contributed by atoms with Crippen LogP contribution >= 0.6 is 0 Å². The van der Waals surface area contributed by atoms with Crippen molar-refractivity contribution in [1.29, 1.82) is 0 Å². The third kappa shape index (κ3) is 4.05. The number of hydrogen-bond donors (Lipinski definition) is 1. The van der Waals surface area contributed by atoms with Crippen LogP contribution in [0.15, 0.2) is 24.3 Å². The molecule has 110 valence electrons. The van der Waals surface area contributed by atoms with Gasteiger partial charge in [-0.2, -0.15) is 0 Å². The van der Waals surface area contributed by atoms with Gasteiger partial charge in [-0.15, -0.1) is 0 Å². The van der Waals surface area contributed by atoms with Gasteiger partial charge in [-0.1, -0.05) is 26.0 Å². The molecule has 1 N–H and O–H groups in total. The molecule has 20 heavy (non-hydrogen) atoms. The molecule has 1 aromatic rings. The lowest BCUT2D eigenvalue weighted by Crippen LogP contribution is -2.48. The highest BCUT2D eigenvalue weighted by atomic mass is 19.1. The molecule has 0 aromatic heterocycles. The summed E-state index contributed by atoms with van der Waals surface area (Å²) in [5.74, 6) is -0.596. The van der Waals surface area contributed by atoms with Crippen molar-refractivity contribution in [2.75, 3.05) is 7.05 Å². The normalized spacial score (nSPS) is 11.8. The van der Waals surface area contributed by atoms with E-state index >= 15 is 0 Å². The predicted octanol–water partition coefficient (Wildman–Crippen LogP) is 2.09. The summed E-state index contributed by atoms with van der Waals surface area (Å²) in [6.07, 6.45) is 0.862. The lowest BCUT2D eigenvalue weighted by molar-refractivity contribution is -0.141. The molecule has 2 amide bonds. The molecule has 1 rings (SSSR count). The molecule has 0 aliphatic rings. The van der Waals surface area contributed by atoms with Gasteiger partial charge in [0.25, 0.3) is 0 Å². The number of rotatable bonds is 6. The molecule has 1 aromatic carbocycles. The summed E-state index contributed by atoms with van der Waals surface area (Å²) < 4.78 is 12.9. The van der Waals surface area contributed by atoms with Gasteiger partial charge in [-0.3, -0.25) is 9.59 Å². The van der Waals surface area contributed by atoms with Crippen LogP contribution in [0.2, 0.25) is 0 Å². The Balaban J connectivity index is 2.96. The molecule has 0 aliphatic heterocycles. The van der Waals surface area contributed by atoms with Crippen molar-refractivity contribution in [3.05, 3.63) is 35.6 Å².